The van der Waals surface area contributed by atoms with Crippen LogP contribution in [0.25, 0.3) is 0 Å². The number of hydrogen-bond donors (Lipinski definition) is 1. The molecule has 1 fully saturated rings. The van der Waals surface area contributed by atoms with Gasteiger partial charge >= 0.3 is 0 Å². The van der Waals surface area contributed by atoms with Crippen molar-refractivity contribution < 1.29 is 4.84 Å². The average molecular weight is 248 g/mol. The normalized spacial score (nSPS) is 21.8. The van der Waals surface area contributed by atoms with Crippen LogP contribution in [0.3, 0.4) is 0 Å². The molecule has 1 N–H and O–H groups in total. The summed E-state index contributed by atoms with van der Waals surface area (Å²) in [7, 11) is 3.87. The molecule has 1 aliphatic rings. The zero-order chi connectivity index (χ0) is 12.8. The lowest BCUT2D eigenvalue weighted by molar-refractivity contribution is 0.0867. The Kier molecular flexibility index (Phi) is 5.17. The van der Waals surface area contributed by atoms with E-state index in [4.69, 9.17) is 4.84 Å². The van der Waals surface area contributed by atoms with E-state index in [1.165, 1.54) is 43.5 Å². The number of rotatable bonds is 4. The van der Waals surface area contributed by atoms with E-state index in [2.05, 4.69) is 41.7 Å². The van der Waals surface area contributed by atoms with Crippen LogP contribution in [-0.2, 0) is 11.4 Å². The summed E-state index contributed by atoms with van der Waals surface area (Å²) in [5.41, 5.74) is 5.63. The fraction of sp³-hybridized carbons (Fsp3) is 0.600. The fourth-order valence-corrected chi connectivity index (χ4v) is 2.64. The van der Waals surface area contributed by atoms with Crippen LogP contribution in [-0.4, -0.2) is 32.1 Å². The minimum absolute atomic E-state index is 0.736. The highest BCUT2D eigenvalue weighted by Crippen LogP contribution is 2.27. The molecule has 3 heteroatoms. The first-order valence-corrected chi connectivity index (χ1v) is 6.83. The van der Waals surface area contributed by atoms with Crippen LogP contribution < -0.4 is 5.48 Å². The van der Waals surface area contributed by atoms with Crippen molar-refractivity contribution in [2.75, 3.05) is 27.2 Å². The Balaban J connectivity index is 1.95. The minimum atomic E-state index is 0.736. The van der Waals surface area contributed by atoms with Crippen LogP contribution in [0.5, 0.6) is 0 Å². The van der Waals surface area contributed by atoms with Crippen LogP contribution in [0.2, 0.25) is 0 Å². The Morgan fingerprint density at radius 3 is 2.72 bits per heavy atom. The van der Waals surface area contributed by atoms with E-state index in [9.17, 15) is 0 Å². The number of hydroxylamine groups is 1. The first kappa shape index (κ1) is 13.5. The molecule has 1 aliphatic heterocycles. The molecular formula is C15H24N2O. The third kappa shape index (κ3) is 3.80. The molecule has 0 spiro atoms. The van der Waals surface area contributed by atoms with Gasteiger partial charge in [0.25, 0.3) is 0 Å². The number of nitrogens with one attached hydrogen (secondary N) is 1. The highest BCUT2D eigenvalue weighted by molar-refractivity contribution is 5.25. The Labute approximate surface area is 110 Å². The van der Waals surface area contributed by atoms with Crippen LogP contribution in [0, 0.1) is 0 Å². The lowest BCUT2D eigenvalue weighted by atomic mass is 9.91. The Bertz CT molecular complexity index is 350. The van der Waals surface area contributed by atoms with Gasteiger partial charge in [-0.1, -0.05) is 24.3 Å². The second kappa shape index (κ2) is 6.88. The van der Waals surface area contributed by atoms with E-state index >= 15 is 0 Å². The molecule has 1 aromatic carbocycles. The van der Waals surface area contributed by atoms with Crippen molar-refractivity contribution >= 4 is 0 Å². The summed E-state index contributed by atoms with van der Waals surface area (Å²) in [5.74, 6) is 0.736. The van der Waals surface area contributed by atoms with Crippen molar-refractivity contribution in [3.8, 4) is 0 Å². The van der Waals surface area contributed by atoms with E-state index in [0.29, 0.717) is 0 Å². The summed E-state index contributed by atoms with van der Waals surface area (Å²) in [5, 5.41) is 0. The summed E-state index contributed by atoms with van der Waals surface area (Å²) >= 11 is 0. The predicted octanol–water partition coefficient (Wildman–Crippen LogP) is 2.54. The number of benzene rings is 1. The van der Waals surface area contributed by atoms with Gasteiger partial charge in [-0.25, -0.2) is 0 Å². The zero-order valence-electron chi connectivity index (χ0n) is 11.5. The van der Waals surface area contributed by atoms with Gasteiger partial charge in [0.15, 0.2) is 0 Å². The van der Waals surface area contributed by atoms with E-state index in [-0.39, 0.29) is 0 Å². The van der Waals surface area contributed by atoms with Gasteiger partial charge in [-0.2, -0.15) is 5.48 Å². The molecule has 0 saturated carbocycles. The lowest BCUT2D eigenvalue weighted by Crippen LogP contribution is -2.18. The van der Waals surface area contributed by atoms with Crippen LogP contribution >= 0.6 is 0 Å². The molecule has 2 rings (SSSR count). The third-order valence-corrected chi connectivity index (χ3v) is 3.82. The molecule has 18 heavy (non-hydrogen) atoms. The molecule has 1 atom stereocenters. The quantitative estimate of drug-likeness (QED) is 0.829. The second-order valence-electron chi connectivity index (χ2n) is 5.20. The van der Waals surface area contributed by atoms with Gasteiger partial charge in [-0.05, 0) is 56.4 Å². The van der Waals surface area contributed by atoms with Crippen LogP contribution in [0.15, 0.2) is 24.3 Å². The van der Waals surface area contributed by atoms with Gasteiger partial charge < -0.3 is 9.74 Å². The van der Waals surface area contributed by atoms with Gasteiger partial charge in [0.1, 0.15) is 0 Å². The highest BCUT2D eigenvalue weighted by atomic mass is 16.6. The van der Waals surface area contributed by atoms with E-state index < -0.39 is 0 Å². The van der Waals surface area contributed by atoms with Crippen molar-refractivity contribution in [3.05, 3.63) is 35.4 Å². The number of hydrogen-bond acceptors (Lipinski definition) is 3. The van der Waals surface area contributed by atoms with Crippen LogP contribution in [0.4, 0.5) is 0 Å². The topological polar surface area (TPSA) is 24.5 Å². The largest absolute Gasteiger partial charge is 0.306 e. The maximum absolute atomic E-state index is 4.87. The van der Waals surface area contributed by atoms with E-state index in [1.54, 1.807) is 7.11 Å². The smallest absolute Gasteiger partial charge is 0.0572 e. The number of likely N-dealkylation sites (tertiary alicyclic amines) is 1. The Hall–Kier alpha value is -0.900. The Morgan fingerprint density at radius 2 is 2.00 bits per heavy atom. The molecule has 1 aromatic rings. The monoisotopic (exact) mass is 248 g/mol. The van der Waals surface area contributed by atoms with E-state index in [0.717, 1.165) is 12.5 Å². The van der Waals surface area contributed by atoms with Crippen molar-refractivity contribution in [2.45, 2.75) is 31.7 Å². The summed E-state index contributed by atoms with van der Waals surface area (Å²) < 4.78 is 0. The molecule has 1 unspecified atom stereocenters. The minimum Gasteiger partial charge on any atom is -0.306 e. The van der Waals surface area contributed by atoms with Crippen molar-refractivity contribution in [3.63, 3.8) is 0 Å². The summed E-state index contributed by atoms with van der Waals surface area (Å²) in [6, 6.07) is 8.97. The van der Waals surface area contributed by atoms with Gasteiger partial charge in [0.05, 0.1) is 7.11 Å². The first-order chi connectivity index (χ1) is 8.79. The molecule has 100 valence electrons. The molecule has 1 heterocycles. The summed E-state index contributed by atoms with van der Waals surface area (Å²) in [6.45, 7) is 3.23. The highest BCUT2D eigenvalue weighted by Gasteiger charge is 2.16. The maximum Gasteiger partial charge on any atom is 0.0572 e. The maximum atomic E-state index is 4.87. The average Bonchev–Trinajstić information content (AvgIpc) is 2.62. The Morgan fingerprint density at radius 1 is 1.22 bits per heavy atom. The molecule has 0 bridgehead atoms. The molecular weight excluding hydrogens is 224 g/mol. The van der Waals surface area contributed by atoms with Crippen LogP contribution in [0.1, 0.15) is 36.3 Å². The van der Waals surface area contributed by atoms with E-state index in [1.807, 2.05) is 0 Å². The van der Waals surface area contributed by atoms with Crippen molar-refractivity contribution in [1.29, 1.82) is 0 Å². The summed E-state index contributed by atoms with van der Waals surface area (Å²) in [4.78, 5) is 7.31. The van der Waals surface area contributed by atoms with Crippen molar-refractivity contribution in [1.82, 2.24) is 10.4 Å². The number of nitrogens with zero attached hydrogens (tertiary/aromatic N) is 1. The SMILES string of the molecule is CONCc1ccc(C2CCCN(C)CC2)cc1. The molecule has 1 saturated heterocycles. The fourth-order valence-electron chi connectivity index (χ4n) is 2.64. The van der Waals surface area contributed by atoms with Gasteiger partial charge in [-0.3, -0.25) is 0 Å². The van der Waals surface area contributed by atoms with Gasteiger partial charge in [-0.15, -0.1) is 0 Å². The first-order valence-electron chi connectivity index (χ1n) is 6.83. The second-order valence-corrected chi connectivity index (χ2v) is 5.20. The van der Waals surface area contributed by atoms with Gasteiger partial charge in [0, 0.05) is 6.54 Å². The molecule has 3 nitrogen and oxygen atoms in total. The summed E-state index contributed by atoms with van der Waals surface area (Å²) in [6.07, 6.45) is 3.92. The third-order valence-electron chi connectivity index (χ3n) is 3.82. The molecule has 0 amide bonds. The zero-order valence-corrected chi connectivity index (χ0v) is 11.5. The molecule has 0 aromatic heterocycles. The predicted molar refractivity (Wildman–Crippen MR) is 74.4 cm³/mol. The lowest BCUT2D eigenvalue weighted by Gasteiger charge is -2.15. The molecule has 0 aliphatic carbocycles. The standard InChI is InChI=1S/C15H24N2O/c1-17-10-3-4-14(9-11-17)15-7-5-13(6-8-15)12-16-18-2/h5-8,14,16H,3-4,9-12H2,1-2H3. The van der Waals surface area contributed by atoms with Gasteiger partial charge in [0.2, 0.25) is 0 Å². The van der Waals surface area contributed by atoms with Crippen molar-refractivity contribution in [2.24, 2.45) is 0 Å². The molecule has 0 radical (unpaired) electrons.